The van der Waals surface area contributed by atoms with E-state index in [0.717, 1.165) is 0 Å². The first-order chi connectivity index (χ1) is 16.6. The summed E-state index contributed by atoms with van der Waals surface area (Å²) in [7, 11) is 0. The molecule has 0 heterocycles. The largest absolute Gasteiger partial charge is 0.481 e. The zero-order valence-electron chi connectivity index (χ0n) is 20.3. The van der Waals surface area contributed by atoms with Gasteiger partial charge in [-0.15, -0.1) is 0 Å². The Labute approximate surface area is 216 Å². The van der Waals surface area contributed by atoms with Crippen LogP contribution in [0.1, 0.15) is 65.2 Å². The Bertz CT molecular complexity index is 1050. The molecule has 9 atom stereocenters. The molecule has 10 heteroatoms. The molecule has 0 aromatic carbocycles. The maximum absolute atomic E-state index is 17.1. The number of aliphatic carboxylic acids is 1. The van der Waals surface area contributed by atoms with Gasteiger partial charge in [-0.3, -0.25) is 14.4 Å². The Kier molecular flexibility index (Phi) is 6.93. The van der Waals surface area contributed by atoms with Crippen molar-refractivity contribution in [3.8, 4) is 0 Å². The lowest BCUT2D eigenvalue weighted by Crippen LogP contribution is -2.65. The van der Waals surface area contributed by atoms with Crippen molar-refractivity contribution in [2.45, 2.75) is 94.9 Å². The van der Waals surface area contributed by atoms with Gasteiger partial charge in [0.05, 0.1) is 17.0 Å². The molecule has 0 aromatic rings. The van der Waals surface area contributed by atoms with Crippen molar-refractivity contribution in [3.05, 3.63) is 22.2 Å². The van der Waals surface area contributed by atoms with Gasteiger partial charge in [0.15, 0.2) is 11.6 Å². The molecule has 4 N–H and O–H groups in total. The quantitative estimate of drug-likeness (QED) is 0.366. The molecule has 0 radical (unpaired) electrons. The van der Waals surface area contributed by atoms with Gasteiger partial charge >= 0.3 is 5.97 Å². The number of carboxylic acid groups (broad SMARTS) is 1. The van der Waals surface area contributed by atoms with E-state index in [1.165, 1.54) is 12.2 Å². The normalized spacial score (nSPS) is 43.4. The highest BCUT2D eigenvalue weighted by atomic mass is 79.9. The molecule has 0 aromatic heterocycles. The molecule has 2 unspecified atom stereocenters. The first-order valence-corrected chi connectivity index (χ1v) is 13.2. The van der Waals surface area contributed by atoms with Crippen LogP contribution in [0.2, 0.25) is 0 Å². The lowest BCUT2D eigenvalue weighted by atomic mass is 9.45. The van der Waals surface area contributed by atoms with Gasteiger partial charge in [0.2, 0.25) is 0 Å². The monoisotopic (exact) mass is 574 g/mol. The lowest BCUT2D eigenvalue weighted by Gasteiger charge is -2.61. The Morgan fingerprint density at radius 3 is 2.47 bits per heavy atom. The van der Waals surface area contributed by atoms with E-state index >= 15 is 8.78 Å². The summed E-state index contributed by atoms with van der Waals surface area (Å²) in [6, 6.07) is 0. The molecule has 0 saturated heterocycles. The molecule has 3 saturated carbocycles. The number of halogens is 3. The topological polar surface area (TPSA) is 132 Å². The average molecular weight is 575 g/mol. The number of carbonyl (C=O) groups is 3. The Hall–Kier alpha value is -1.49. The average Bonchev–Trinajstić information content (AvgIpc) is 3.06. The zero-order chi connectivity index (χ0) is 26.8. The SMILES string of the molecule is C[C@]12C=C(Br)C(=O)C=C1[C@H](F)C[C@H]1[C@@H]3CC[C@](O)(C(=O)C(O)CCC(O)CC(=O)O)[C@@]3(C)CC[C@@]12F. The summed E-state index contributed by atoms with van der Waals surface area (Å²) in [5.41, 5.74) is -6.18. The van der Waals surface area contributed by atoms with Crippen LogP contribution in [0.4, 0.5) is 8.78 Å². The molecule has 0 aliphatic heterocycles. The van der Waals surface area contributed by atoms with Crippen LogP contribution in [0.15, 0.2) is 22.2 Å². The van der Waals surface area contributed by atoms with Crippen molar-refractivity contribution >= 4 is 33.5 Å². The smallest absolute Gasteiger partial charge is 0.305 e. The van der Waals surface area contributed by atoms with E-state index in [4.69, 9.17) is 5.11 Å². The molecule has 4 rings (SSSR count). The Morgan fingerprint density at radius 1 is 1.17 bits per heavy atom. The van der Waals surface area contributed by atoms with E-state index in [9.17, 15) is 29.7 Å². The van der Waals surface area contributed by atoms with Gasteiger partial charge < -0.3 is 20.4 Å². The second-order valence-electron chi connectivity index (χ2n) is 11.5. The van der Waals surface area contributed by atoms with Crippen LogP contribution in [0, 0.1) is 22.7 Å². The molecule has 36 heavy (non-hydrogen) atoms. The minimum absolute atomic E-state index is 0.0112. The number of fused-ring (bicyclic) bond motifs is 5. The fourth-order valence-corrected chi connectivity index (χ4v) is 8.19. The van der Waals surface area contributed by atoms with Crippen LogP contribution in [-0.2, 0) is 14.4 Å². The first-order valence-electron chi connectivity index (χ1n) is 12.4. The number of hydrogen-bond acceptors (Lipinski definition) is 6. The first kappa shape index (κ1) is 27.5. The molecule has 200 valence electrons. The van der Waals surface area contributed by atoms with E-state index in [1.54, 1.807) is 13.8 Å². The van der Waals surface area contributed by atoms with Gasteiger partial charge in [-0.25, -0.2) is 8.78 Å². The number of rotatable bonds is 7. The molecular formula is C26H33BrF2O7. The summed E-state index contributed by atoms with van der Waals surface area (Å²) in [6.45, 7) is 3.30. The summed E-state index contributed by atoms with van der Waals surface area (Å²) in [5, 5.41) is 40.8. The summed E-state index contributed by atoms with van der Waals surface area (Å²) in [6.07, 6.45) is -2.48. The number of alkyl halides is 2. The van der Waals surface area contributed by atoms with Crippen molar-refractivity contribution < 1.29 is 43.6 Å². The molecular weight excluding hydrogens is 542 g/mol. The molecule has 4 aliphatic rings. The number of hydrogen-bond donors (Lipinski definition) is 4. The Morgan fingerprint density at radius 2 is 1.83 bits per heavy atom. The second-order valence-corrected chi connectivity index (χ2v) is 12.3. The van der Waals surface area contributed by atoms with E-state index < -0.39 is 76.3 Å². The molecule has 0 bridgehead atoms. The lowest BCUT2D eigenvalue weighted by molar-refractivity contribution is -0.185. The number of allylic oxidation sites excluding steroid dienone is 4. The van der Waals surface area contributed by atoms with Crippen molar-refractivity contribution in [2.75, 3.05) is 0 Å². The van der Waals surface area contributed by atoms with Gasteiger partial charge in [0, 0.05) is 16.7 Å². The number of ketones is 2. The van der Waals surface area contributed by atoms with Crippen molar-refractivity contribution in [3.63, 3.8) is 0 Å². The van der Waals surface area contributed by atoms with Gasteiger partial charge in [0.1, 0.15) is 23.5 Å². The predicted molar refractivity (Wildman–Crippen MR) is 129 cm³/mol. The van der Waals surface area contributed by atoms with Crippen LogP contribution < -0.4 is 0 Å². The summed E-state index contributed by atoms with van der Waals surface area (Å²) >= 11 is 3.18. The van der Waals surface area contributed by atoms with Gasteiger partial charge in [-0.05, 0) is 85.4 Å². The van der Waals surface area contributed by atoms with Gasteiger partial charge in [0.25, 0.3) is 0 Å². The van der Waals surface area contributed by atoms with Crippen LogP contribution in [0.5, 0.6) is 0 Å². The fraction of sp³-hybridized carbons (Fsp3) is 0.731. The molecule has 7 nitrogen and oxygen atoms in total. The van der Waals surface area contributed by atoms with Crippen molar-refractivity contribution in [1.82, 2.24) is 0 Å². The van der Waals surface area contributed by atoms with E-state index in [1.807, 2.05) is 0 Å². The number of carboxylic acids is 1. The van der Waals surface area contributed by atoms with Crippen molar-refractivity contribution in [2.24, 2.45) is 22.7 Å². The summed E-state index contributed by atoms with van der Waals surface area (Å²) < 4.78 is 32.7. The third kappa shape index (κ3) is 3.85. The van der Waals surface area contributed by atoms with Crippen molar-refractivity contribution in [1.29, 1.82) is 0 Å². The summed E-state index contributed by atoms with van der Waals surface area (Å²) in [5.74, 6) is -3.78. The maximum Gasteiger partial charge on any atom is 0.305 e. The highest BCUT2D eigenvalue weighted by Crippen LogP contribution is 2.70. The highest BCUT2D eigenvalue weighted by Gasteiger charge is 2.72. The number of Topliss-reactive ketones (excluding diaryl/α,β-unsaturated/α-hetero) is 1. The van der Waals surface area contributed by atoms with Crippen LogP contribution >= 0.6 is 15.9 Å². The summed E-state index contributed by atoms with van der Waals surface area (Å²) in [4.78, 5) is 36.2. The number of aliphatic hydroxyl groups is 3. The fourth-order valence-electron chi connectivity index (χ4n) is 7.61. The van der Waals surface area contributed by atoms with Gasteiger partial charge in [-0.2, -0.15) is 0 Å². The predicted octanol–water partition coefficient (Wildman–Crippen LogP) is 3.33. The standard InChI is InChI=1S/C26H33BrF2O7/c1-23-7-8-25(29)15(10-18(28)16-11-20(32)17(27)12-24(16,25)2)14(23)5-6-26(23,36)22(35)19(31)4-3-13(30)9-21(33)34/h11-15,18-19,30-31,36H,3-10H2,1-2H3,(H,33,34)/t13?,14-,15-,18+,19?,23-,24-,25+,26-/m0/s1. The van der Waals surface area contributed by atoms with E-state index in [0.29, 0.717) is 0 Å². The minimum atomic E-state index is -1.96. The third-order valence-electron chi connectivity index (χ3n) is 9.75. The molecule has 4 aliphatic carbocycles. The van der Waals surface area contributed by atoms with Crippen LogP contribution in [0.3, 0.4) is 0 Å². The number of aliphatic hydroxyl groups excluding tert-OH is 2. The second kappa shape index (κ2) is 9.06. The van der Waals surface area contributed by atoms with Crippen LogP contribution in [-0.4, -0.2) is 67.6 Å². The maximum atomic E-state index is 17.1. The molecule has 0 spiro atoms. The van der Waals surface area contributed by atoms with Crippen LogP contribution in [0.25, 0.3) is 0 Å². The Balaban J connectivity index is 1.60. The highest BCUT2D eigenvalue weighted by molar-refractivity contribution is 9.12. The van der Waals surface area contributed by atoms with Gasteiger partial charge in [-0.1, -0.05) is 13.0 Å². The minimum Gasteiger partial charge on any atom is -0.481 e. The molecule has 3 fully saturated rings. The van der Waals surface area contributed by atoms with E-state index in [2.05, 4.69) is 15.9 Å². The third-order valence-corrected chi connectivity index (χ3v) is 10.4. The number of carbonyl (C=O) groups excluding carboxylic acids is 2. The zero-order valence-corrected chi connectivity index (χ0v) is 21.9. The molecule has 0 amide bonds. The van der Waals surface area contributed by atoms with E-state index in [-0.39, 0.29) is 55.0 Å².